The molecule has 1 saturated heterocycles. The van der Waals surface area contributed by atoms with Crippen LogP contribution in [0.25, 0.3) is 0 Å². The quantitative estimate of drug-likeness (QED) is 0.413. The summed E-state index contributed by atoms with van der Waals surface area (Å²) in [7, 11) is -3.76. The van der Waals surface area contributed by atoms with Crippen LogP contribution in [-0.2, 0) is 32.7 Å². The SMILES string of the molecule is CS(=O)(=O)N(CC(=O)NCc1ccc(OCc2ccc(F)cc2)cc1)c1ccc(C(=O)N2CCOCC2)cc1. The van der Waals surface area contributed by atoms with E-state index >= 15 is 0 Å². The lowest BCUT2D eigenvalue weighted by Gasteiger charge is -2.27. The molecule has 3 aromatic carbocycles. The van der Waals surface area contributed by atoms with Crippen molar-refractivity contribution in [3.05, 3.63) is 95.3 Å². The number of nitrogens with one attached hydrogen (secondary N) is 1. The van der Waals surface area contributed by atoms with E-state index in [1.807, 2.05) is 0 Å². The van der Waals surface area contributed by atoms with Gasteiger partial charge in [0.1, 0.15) is 24.7 Å². The Bertz CT molecular complexity index is 1370. The van der Waals surface area contributed by atoms with Crippen molar-refractivity contribution < 1.29 is 31.9 Å². The Hall–Kier alpha value is -3.96. The first kappa shape index (κ1) is 28.1. The molecule has 0 radical (unpaired) electrons. The standard InChI is InChI=1S/C28H30FN3O6S/c1-39(35,36)32(25-10-6-23(7-11-25)28(34)31-14-16-37-17-15-31)19-27(33)30-18-21-4-12-26(13-5-21)38-20-22-2-8-24(29)9-3-22/h2-13H,14-20H2,1H3,(H,30,33). The number of sulfonamides is 1. The van der Waals surface area contributed by atoms with Crippen molar-refractivity contribution in [2.24, 2.45) is 0 Å². The maximum atomic E-state index is 13.0. The van der Waals surface area contributed by atoms with Crippen LogP contribution >= 0.6 is 0 Å². The first-order chi connectivity index (χ1) is 18.7. The normalized spacial score (nSPS) is 13.5. The minimum Gasteiger partial charge on any atom is -0.489 e. The number of ether oxygens (including phenoxy) is 2. The van der Waals surface area contributed by atoms with Crippen molar-refractivity contribution in [3.8, 4) is 5.75 Å². The molecule has 11 heteroatoms. The summed E-state index contributed by atoms with van der Waals surface area (Å²) < 4.78 is 49.9. The summed E-state index contributed by atoms with van der Waals surface area (Å²) in [6.45, 7) is 2.05. The number of anilines is 1. The average molecular weight is 556 g/mol. The Morgan fingerprint density at radius 1 is 0.949 bits per heavy atom. The molecule has 206 valence electrons. The fourth-order valence-corrected chi connectivity index (χ4v) is 4.81. The second-order valence-electron chi connectivity index (χ2n) is 9.06. The fraction of sp³-hybridized carbons (Fsp3) is 0.286. The molecule has 9 nitrogen and oxygen atoms in total. The van der Waals surface area contributed by atoms with E-state index < -0.39 is 22.5 Å². The third-order valence-corrected chi connectivity index (χ3v) is 7.26. The number of halogens is 1. The van der Waals surface area contributed by atoms with Crippen molar-refractivity contribution in [1.29, 1.82) is 0 Å². The van der Waals surface area contributed by atoms with E-state index in [2.05, 4.69) is 5.32 Å². The zero-order valence-corrected chi connectivity index (χ0v) is 22.3. The molecule has 0 unspecified atom stereocenters. The van der Waals surface area contributed by atoms with Gasteiger partial charge in [0.05, 0.1) is 25.2 Å². The molecular formula is C28H30FN3O6S. The number of hydrogen-bond donors (Lipinski definition) is 1. The van der Waals surface area contributed by atoms with E-state index in [1.165, 1.54) is 24.3 Å². The van der Waals surface area contributed by atoms with Gasteiger partial charge in [-0.25, -0.2) is 12.8 Å². The van der Waals surface area contributed by atoms with Crippen LogP contribution in [0.5, 0.6) is 5.75 Å². The molecule has 0 saturated carbocycles. The number of nitrogens with zero attached hydrogens (tertiary/aromatic N) is 2. The minimum atomic E-state index is -3.76. The smallest absolute Gasteiger partial charge is 0.254 e. The summed E-state index contributed by atoms with van der Waals surface area (Å²) in [4.78, 5) is 27.0. The highest BCUT2D eigenvalue weighted by atomic mass is 32.2. The van der Waals surface area contributed by atoms with Crippen molar-refractivity contribution in [1.82, 2.24) is 10.2 Å². The molecule has 0 aliphatic carbocycles. The molecule has 3 aromatic rings. The van der Waals surface area contributed by atoms with E-state index in [9.17, 15) is 22.4 Å². The second kappa shape index (κ2) is 12.7. The van der Waals surface area contributed by atoms with E-state index in [0.29, 0.717) is 44.2 Å². The van der Waals surface area contributed by atoms with E-state index in [-0.39, 0.29) is 24.0 Å². The first-order valence-corrected chi connectivity index (χ1v) is 14.2. The molecule has 1 N–H and O–H groups in total. The summed E-state index contributed by atoms with van der Waals surface area (Å²) in [6.07, 6.45) is 1.03. The highest BCUT2D eigenvalue weighted by Gasteiger charge is 2.23. The van der Waals surface area contributed by atoms with Gasteiger partial charge in [0.2, 0.25) is 15.9 Å². The van der Waals surface area contributed by atoms with Crippen LogP contribution in [0.3, 0.4) is 0 Å². The topological polar surface area (TPSA) is 105 Å². The van der Waals surface area contributed by atoms with Gasteiger partial charge < -0.3 is 19.7 Å². The predicted octanol–water partition coefficient (Wildman–Crippen LogP) is 2.96. The number of hydrogen-bond acceptors (Lipinski definition) is 6. The maximum Gasteiger partial charge on any atom is 0.254 e. The Labute approximate surface area is 227 Å². The lowest BCUT2D eigenvalue weighted by molar-refractivity contribution is -0.119. The molecule has 1 heterocycles. The first-order valence-electron chi connectivity index (χ1n) is 12.4. The monoisotopic (exact) mass is 555 g/mol. The van der Waals surface area contributed by atoms with Crippen molar-refractivity contribution in [2.75, 3.05) is 43.4 Å². The molecule has 0 bridgehead atoms. The Kier molecular flexibility index (Phi) is 9.15. The molecule has 0 atom stereocenters. The van der Waals surface area contributed by atoms with Gasteiger partial charge in [-0.1, -0.05) is 24.3 Å². The van der Waals surface area contributed by atoms with Crippen molar-refractivity contribution in [3.63, 3.8) is 0 Å². The van der Waals surface area contributed by atoms with E-state index in [1.54, 1.807) is 53.4 Å². The highest BCUT2D eigenvalue weighted by Crippen LogP contribution is 2.20. The van der Waals surface area contributed by atoms with Crippen LogP contribution in [0, 0.1) is 5.82 Å². The molecule has 1 aliphatic heterocycles. The van der Waals surface area contributed by atoms with Crippen LogP contribution in [-0.4, -0.2) is 64.2 Å². The van der Waals surface area contributed by atoms with Crippen LogP contribution in [0.4, 0.5) is 10.1 Å². The Balaban J connectivity index is 1.31. The lowest BCUT2D eigenvalue weighted by atomic mass is 10.1. The van der Waals surface area contributed by atoms with Gasteiger partial charge in [0.15, 0.2) is 0 Å². The Morgan fingerprint density at radius 3 is 2.18 bits per heavy atom. The maximum absolute atomic E-state index is 13.0. The summed E-state index contributed by atoms with van der Waals surface area (Å²) >= 11 is 0. The number of morpholine rings is 1. The van der Waals surface area contributed by atoms with E-state index in [4.69, 9.17) is 9.47 Å². The van der Waals surface area contributed by atoms with Crippen LogP contribution in [0.2, 0.25) is 0 Å². The molecule has 0 aromatic heterocycles. The lowest BCUT2D eigenvalue weighted by Crippen LogP contribution is -2.41. The number of amides is 2. The van der Waals surface area contributed by atoms with Gasteiger partial charge >= 0.3 is 0 Å². The van der Waals surface area contributed by atoms with Gasteiger partial charge in [0, 0.05) is 25.2 Å². The third-order valence-electron chi connectivity index (χ3n) is 6.12. The number of rotatable bonds is 10. The Morgan fingerprint density at radius 2 is 1.56 bits per heavy atom. The fourth-order valence-electron chi connectivity index (χ4n) is 3.96. The van der Waals surface area contributed by atoms with Crippen LogP contribution < -0.4 is 14.4 Å². The second-order valence-corrected chi connectivity index (χ2v) is 11.0. The molecule has 1 aliphatic rings. The van der Waals surface area contributed by atoms with Gasteiger partial charge in [-0.05, 0) is 59.7 Å². The molecule has 0 spiro atoms. The van der Waals surface area contributed by atoms with Gasteiger partial charge in [-0.3, -0.25) is 13.9 Å². The molecule has 4 rings (SSSR count). The minimum absolute atomic E-state index is 0.152. The average Bonchev–Trinajstić information content (AvgIpc) is 2.95. The van der Waals surface area contributed by atoms with Gasteiger partial charge in [0.25, 0.3) is 5.91 Å². The van der Waals surface area contributed by atoms with Crippen LogP contribution in [0.1, 0.15) is 21.5 Å². The zero-order valence-electron chi connectivity index (χ0n) is 21.5. The summed E-state index contributed by atoms with van der Waals surface area (Å²) in [5.41, 5.74) is 2.35. The largest absolute Gasteiger partial charge is 0.489 e. The van der Waals surface area contributed by atoms with Gasteiger partial charge in [-0.15, -0.1) is 0 Å². The number of benzene rings is 3. The molecule has 39 heavy (non-hydrogen) atoms. The molecular weight excluding hydrogens is 525 g/mol. The van der Waals surface area contributed by atoms with Crippen LogP contribution in [0.15, 0.2) is 72.8 Å². The molecule has 2 amide bonds. The highest BCUT2D eigenvalue weighted by molar-refractivity contribution is 7.92. The zero-order chi connectivity index (χ0) is 27.8. The van der Waals surface area contributed by atoms with Gasteiger partial charge in [-0.2, -0.15) is 0 Å². The summed E-state index contributed by atoms with van der Waals surface area (Å²) in [6, 6.07) is 19.3. The van der Waals surface area contributed by atoms with Crippen molar-refractivity contribution >= 4 is 27.5 Å². The molecule has 1 fully saturated rings. The predicted molar refractivity (Wildman–Crippen MR) is 144 cm³/mol. The third kappa shape index (κ3) is 8.01. The number of carbonyl (C=O) groups is 2. The van der Waals surface area contributed by atoms with E-state index in [0.717, 1.165) is 21.7 Å². The number of carbonyl (C=O) groups excluding carboxylic acids is 2. The summed E-state index contributed by atoms with van der Waals surface area (Å²) in [5, 5.41) is 2.73. The summed E-state index contributed by atoms with van der Waals surface area (Å²) in [5.74, 6) is -0.321. The van der Waals surface area contributed by atoms with Crippen molar-refractivity contribution in [2.45, 2.75) is 13.2 Å².